The fourth-order valence-corrected chi connectivity index (χ4v) is 9.00. The summed E-state index contributed by atoms with van der Waals surface area (Å²) in [4.78, 5) is 38.1. The molecule has 0 aliphatic rings. The van der Waals surface area contributed by atoms with Crippen molar-refractivity contribution in [3.05, 3.63) is 0 Å². The van der Waals surface area contributed by atoms with Gasteiger partial charge in [-0.25, -0.2) is 0 Å². The summed E-state index contributed by atoms with van der Waals surface area (Å²) in [6.45, 7) is 13.7. The van der Waals surface area contributed by atoms with Crippen molar-refractivity contribution in [1.29, 1.82) is 0 Å². The third-order valence-electron chi connectivity index (χ3n) is 13.4. The first-order valence-corrected chi connectivity index (χ1v) is 29.1. The van der Waals surface area contributed by atoms with Crippen molar-refractivity contribution in [2.45, 2.75) is 330 Å². The van der Waals surface area contributed by atoms with Gasteiger partial charge in [0.2, 0.25) is 0 Å². The zero-order chi connectivity index (χ0) is 47.7. The lowest BCUT2D eigenvalue weighted by molar-refractivity contribution is -0.167. The molecule has 0 fully saturated rings. The summed E-state index contributed by atoms with van der Waals surface area (Å²) in [6.07, 6.45) is 52.5. The largest absolute Gasteiger partial charge is 0.462 e. The summed E-state index contributed by atoms with van der Waals surface area (Å²) < 4.78 is 16.9. The molecule has 65 heavy (non-hydrogen) atoms. The van der Waals surface area contributed by atoms with Crippen molar-refractivity contribution in [1.82, 2.24) is 0 Å². The molecule has 0 heterocycles. The van der Waals surface area contributed by atoms with Crippen LogP contribution in [0, 0.1) is 17.8 Å². The average molecular weight is 920 g/mol. The van der Waals surface area contributed by atoms with Crippen LogP contribution in [-0.2, 0) is 28.6 Å². The first-order chi connectivity index (χ1) is 31.6. The zero-order valence-electron chi connectivity index (χ0n) is 44.8. The molecule has 0 aliphatic heterocycles. The predicted octanol–water partition coefficient (Wildman–Crippen LogP) is 19.1. The van der Waals surface area contributed by atoms with Crippen molar-refractivity contribution in [3.63, 3.8) is 0 Å². The third kappa shape index (κ3) is 53.2. The molecule has 6 nitrogen and oxygen atoms in total. The molecule has 0 aliphatic carbocycles. The van der Waals surface area contributed by atoms with Crippen LogP contribution in [-0.4, -0.2) is 37.2 Å². The van der Waals surface area contributed by atoms with E-state index in [2.05, 4.69) is 41.5 Å². The van der Waals surface area contributed by atoms with Gasteiger partial charge in [-0.1, -0.05) is 286 Å². The minimum atomic E-state index is -0.764. The van der Waals surface area contributed by atoms with E-state index in [1.54, 1.807) is 0 Å². The maximum Gasteiger partial charge on any atom is 0.306 e. The van der Waals surface area contributed by atoms with Gasteiger partial charge < -0.3 is 14.2 Å². The monoisotopic (exact) mass is 919 g/mol. The topological polar surface area (TPSA) is 78.9 Å². The van der Waals surface area contributed by atoms with E-state index in [0.717, 1.165) is 75.5 Å². The molecule has 386 valence electrons. The van der Waals surface area contributed by atoms with Gasteiger partial charge in [-0.3, -0.25) is 14.4 Å². The first-order valence-electron chi connectivity index (χ1n) is 29.1. The maximum atomic E-state index is 12.8. The van der Waals surface area contributed by atoms with E-state index in [1.165, 1.54) is 205 Å². The molecule has 0 saturated carbocycles. The van der Waals surface area contributed by atoms with E-state index < -0.39 is 6.10 Å². The van der Waals surface area contributed by atoms with E-state index in [0.29, 0.717) is 19.3 Å². The second-order valence-corrected chi connectivity index (χ2v) is 21.7. The van der Waals surface area contributed by atoms with Crippen molar-refractivity contribution in [3.8, 4) is 0 Å². The fraction of sp³-hybridized carbons (Fsp3) is 0.949. The quantitative estimate of drug-likeness (QED) is 0.0344. The van der Waals surface area contributed by atoms with Crippen molar-refractivity contribution < 1.29 is 28.6 Å². The highest BCUT2D eigenvalue weighted by atomic mass is 16.6. The Morgan fingerprint density at radius 3 is 0.662 bits per heavy atom. The Hall–Kier alpha value is -1.59. The zero-order valence-corrected chi connectivity index (χ0v) is 44.8. The lowest BCUT2D eigenvalue weighted by Crippen LogP contribution is -2.30. The van der Waals surface area contributed by atoms with Crippen LogP contribution in [0.2, 0.25) is 0 Å². The normalized spacial score (nSPS) is 12.1. The van der Waals surface area contributed by atoms with E-state index in [1.807, 2.05) is 0 Å². The van der Waals surface area contributed by atoms with Crippen molar-refractivity contribution in [2.75, 3.05) is 13.2 Å². The van der Waals surface area contributed by atoms with Gasteiger partial charge in [0.25, 0.3) is 0 Å². The third-order valence-corrected chi connectivity index (χ3v) is 13.4. The van der Waals surface area contributed by atoms with Gasteiger partial charge in [0.05, 0.1) is 0 Å². The van der Waals surface area contributed by atoms with E-state index >= 15 is 0 Å². The Labute approximate surface area is 406 Å². The first kappa shape index (κ1) is 63.4. The van der Waals surface area contributed by atoms with Crippen LogP contribution >= 0.6 is 0 Å². The summed E-state index contributed by atoms with van der Waals surface area (Å²) in [5.74, 6) is 1.64. The Bertz CT molecular complexity index is 1010. The summed E-state index contributed by atoms with van der Waals surface area (Å²) in [7, 11) is 0. The summed E-state index contributed by atoms with van der Waals surface area (Å²) in [5, 5.41) is 0. The Kier molecular flexibility index (Phi) is 49.1. The number of esters is 3. The lowest BCUT2D eigenvalue weighted by Gasteiger charge is -2.18. The number of hydrogen-bond acceptors (Lipinski definition) is 6. The van der Waals surface area contributed by atoms with Gasteiger partial charge in [-0.2, -0.15) is 0 Å². The van der Waals surface area contributed by atoms with Crippen LogP contribution in [0.5, 0.6) is 0 Å². The standard InChI is InChI=1S/C59H114O6/c1-53(2)45-39-33-27-22-18-14-10-7-8-12-16-20-24-30-36-42-48-57(60)63-51-56(52-64-58(61)49-43-37-32-26-29-35-41-47-55(5)6)65-59(62)50-44-38-31-25-21-17-13-9-11-15-19-23-28-34-40-46-54(3)4/h53-56H,7-52H2,1-6H3/t56-/m0/s1. The molecule has 0 amide bonds. The summed E-state index contributed by atoms with van der Waals surface area (Å²) in [6, 6.07) is 0. The molecule has 0 bridgehead atoms. The molecule has 0 aromatic rings. The number of hydrogen-bond donors (Lipinski definition) is 0. The van der Waals surface area contributed by atoms with Crippen LogP contribution in [0.4, 0.5) is 0 Å². The molecule has 0 unspecified atom stereocenters. The fourth-order valence-electron chi connectivity index (χ4n) is 9.00. The van der Waals surface area contributed by atoms with Gasteiger partial charge in [-0.15, -0.1) is 0 Å². The van der Waals surface area contributed by atoms with E-state index in [-0.39, 0.29) is 31.1 Å². The molecule has 0 radical (unpaired) electrons. The molecule has 0 aromatic heterocycles. The number of unbranched alkanes of at least 4 members (excludes halogenated alkanes) is 35. The molecular formula is C59H114O6. The Morgan fingerprint density at radius 1 is 0.262 bits per heavy atom. The van der Waals surface area contributed by atoms with Gasteiger partial charge in [-0.05, 0) is 37.0 Å². The van der Waals surface area contributed by atoms with Crippen molar-refractivity contribution >= 4 is 17.9 Å². The van der Waals surface area contributed by atoms with Crippen LogP contribution < -0.4 is 0 Å². The van der Waals surface area contributed by atoms with Crippen LogP contribution in [0.15, 0.2) is 0 Å². The molecule has 6 heteroatoms. The molecule has 0 rings (SSSR count). The predicted molar refractivity (Wildman–Crippen MR) is 279 cm³/mol. The highest BCUT2D eigenvalue weighted by molar-refractivity contribution is 5.71. The second kappa shape index (κ2) is 50.3. The van der Waals surface area contributed by atoms with Gasteiger partial charge >= 0.3 is 17.9 Å². The number of carbonyl (C=O) groups is 3. The summed E-state index contributed by atoms with van der Waals surface area (Å²) in [5.41, 5.74) is 0. The van der Waals surface area contributed by atoms with Crippen LogP contribution in [0.3, 0.4) is 0 Å². The molecule has 0 aromatic carbocycles. The number of carbonyl (C=O) groups excluding carboxylic acids is 3. The molecule has 0 spiro atoms. The molecular weight excluding hydrogens is 805 g/mol. The van der Waals surface area contributed by atoms with Crippen molar-refractivity contribution in [2.24, 2.45) is 17.8 Å². The second-order valence-electron chi connectivity index (χ2n) is 21.7. The van der Waals surface area contributed by atoms with Gasteiger partial charge in [0, 0.05) is 19.3 Å². The van der Waals surface area contributed by atoms with Gasteiger partial charge in [0.1, 0.15) is 13.2 Å². The van der Waals surface area contributed by atoms with E-state index in [4.69, 9.17) is 14.2 Å². The maximum absolute atomic E-state index is 12.8. The minimum Gasteiger partial charge on any atom is -0.462 e. The Morgan fingerprint density at radius 2 is 0.446 bits per heavy atom. The highest BCUT2D eigenvalue weighted by Crippen LogP contribution is 2.18. The lowest BCUT2D eigenvalue weighted by atomic mass is 10.0. The molecule has 1 atom stereocenters. The minimum absolute atomic E-state index is 0.0639. The molecule has 0 N–H and O–H groups in total. The highest BCUT2D eigenvalue weighted by Gasteiger charge is 2.19. The SMILES string of the molecule is CC(C)CCCCCCCCCCCCCCCCCCC(=O)OC[C@@H](COC(=O)CCCCCCCCCC(C)C)OC(=O)CCCCCCCCCCCCCCCCCC(C)C. The number of rotatable bonds is 52. The summed E-state index contributed by atoms with van der Waals surface area (Å²) >= 11 is 0. The number of ether oxygens (including phenoxy) is 3. The van der Waals surface area contributed by atoms with E-state index in [9.17, 15) is 14.4 Å². The smallest absolute Gasteiger partial charge is 0.306 e. The Balaban J connectivity index is 4.23. The van der Waals surface area contributed by atoms with Crippen LogP contribution in [0.1, 0.15) is 324 Å². The van der Waals surface area contributed by atoms with Crippen LogP contribution in [0.25, 0.3) is 0 Å². The average Bonchev–Trinajstić information content (AvgIpc) is 3.26. The van der Waals surface area contributed by atoms with Gasteiger partial charge in [0.15, 0.2) is 6.10 Å². The molecule has 0 saturated heterocycles.